The maximum Gasteiger partial charge on any atom is 0.255 e. The average molecular weight is 364 g/mol. The largest absolute Gasteiger partial charge is 0.337 e. The summed E-state index contributed by atoms with van der Waals surface area (Å²) in [6.45, 7) is 0.473. The molecule has 2 aromatic rings. The predicted octanol–water partition coefficient (Wildman–Crippen LogP) is 3.83. The van der Waals surface area contributed by atoms with Crippen LogP contribution in [-0.4, -0.2) is 28.9 Å². The highest BCUT2D eigenvalue weighted by Crippen LogP contribution is 2.36. The van der Waals surface area contributed by atoms with Crippen LogP contribution in [0, 0.1) is 17.1 Å². The molecule has 24 heavy (non-hydrogen) atoms. The van der Waals surface area contributed by atoms with E-state index in [0.29, 0.717) is 23.7 Å². The van der Waals surface area contributed by atoms with Crippen LogP contribution >= 0.6 is 23.2 Å². The van der Waals surface area contributed by atoms with Gasteiger partial charge in [-0.15, -0.1) is 0 Å². The minimum Gasteiger partial charge on any atom is -0.337 e. The van der Waals surface area contributed by atoms with Gasteiger partial charge in [0.2, 0.25) is 0 Å². The highest BCUT2D eigenvalue weighted by atomic mass is 35.5. The second-order valence-corrected chi connectivity index (χ2v) is 6.49. The molecule has 0 spiro atoms. The lowest BCUT2D eigenvalue weighted by Crippen LogP contribution is -2.34. The fourth-order valence-corrected chi connectivity index (χ4v) is 3.19. The molecule has 1 aromatic carbocycles. The van der Waals surface area contributed by atoms with Gasteiger partial charge in [-0.3, -0.25) is 4.79 Å². The molecule has 1 fully saturated rings. The number of aromatic nitrogens is 1. The Morgan fingerprint density at radius 2 is 2.12 bits per heavy atom. The fourth-order valence-electron chi connectivity index (χ4n) is 2.92. The molecule has 4 nitrogen and oxygen atoms in total. The summed E-state index contributed by atoms with van der Waals surface area (Å²) in [6.07, 6.45) is 1.74. The summed E-state index contributed by atoms with van der Waals surface area (Å²) in [5.74, 6) is -0.794. The predicted molar refractivity (Wildman–Crippen MR) is 88.5 cm³/mol. The quantitative estimate of drug-likeness (QED) is 0.761. The lowest BCUT2D eigenvalue weighted by atomic mass is 9.81. The van der Waals surface area contributed by atoms with Crippen LogP contribution in [0.3, 0.4) is 0 Å². The molecule has 0 N–H and O–H groups in total. The van der Waals surface area contributed by atoms with Crippen LogP contribution in [0.1, 0.15) is 22.3 Å². The Hall–Kier alpha value is -2.16. The Balaban J connectivity index is 1.88. The van der Waals surface area contributed by atoms with Gasteiger partial charge in [-0.25, -0.2) is 9.37 Å². The molecule has 2 heterocycles. The first-order valence-electron chi connectivity index (χ1n) is 7.23. The molecule has 1 amide bonds. The first-order chi connectivity index (χ1) is 11.4. The van der Waals surface area contributed by atoms with Crippen molar-refractivity contribution in [3.63, 3.8) is 0 Å². The number of carbonyl (C=O) groups excluding carboxylic acids is 1. The first-order valence-corrected chi connectivity index (χ1v) is 7.98. The number of nitrogens with zero attached hydrogens (tertiary/aromatic N) is 3. The zero-order valence-electron chi connectivity index (χ0n) is 12.5. The number of halogens is 3. The van der Waals surface area contributed by atoms with Crippen molar-refractivity contribution < 1.29 is 9.18 Å². The molecule has 1 saturated heterocycles. The van der Waals surface area contributed by atoms with Crippen LogP contribution in [-0.2, 0) is 5.41 Å². The number of rotatable bonds is 2. The van der Waals surface area contributed by atoms with Crippen molar-refractivity contribution in [1.82, 2.24) is 9.88 Å². The fraction of sp³-hybridized carbons (Fsp3) is 0.235. The van der Waals surface area contributed by atoms with Gasteiger partial charge in [0.25, 0.3) is 5.91 Å². The Labute approximate surface area is 148 Å². The Bertz CT molecular complexity index is 835. The van der Waals surface area contributed by atoms with Gasteiger partial charge in [0.05, 0.1) is 11.6 Å². The highest BCUT2D eigenvalue weighted by Gasteiger charge is 2.43. The number of nitriles is 1. The molecule has 122 valence electrons. The topological polar surface area (TPSA) is 57.0 Å². The van der Waals surface area contributed by atoms with Gasteiger partial charge in [-0.1, -0.05) is 29.3 Å². The van der Waals surface area contributed by atoms with E-state index in [0.717, 1.165) is 0 Å². The number of amides is 1. The van der Waals surface area contributed by atoms with E-state index < -0.39 is 11.2 Å². The third-order valence-corrected chi connectivity index (χ3v) is 4.65. The molecule has 1 atom stereocenters. The van der Waals surface area contributed by atoms with E-state index in [1.54, 1.807) is 12.1 Å². The molecule has 7 heteroatoms. The molecule has 0 radical (unpaired) electrons. The molecule has 1 aliphatic heterocycles. The number of hydrogen-bond donors (Lipinski definition) is 0. The van der Waals surface area contributed by atoms with Crippen LogP contribution in [0.2, 0.25) is 10.2 Å². The SMILES string of the molecule is N#CC1(c2ccc(Cl)cc2F)CCN(C(=O)c2ccc(Cl)nc2)C1. The minimum absolute atomic E-state index is 0.115. The van der Waals surface area contributed by atoms with Crippen molar-refractivity contribution in [3.05, 3.63) is 63.6 Å². The van der Waals surface area contributed by atoms with E-state index in [4.69, 9.17) is 23.2 Å². The van der Waals surface area contributed by atoms with Crippen LogP contribution in [0.15, 0.2) is 36.5 Å². The molecule has 0 bridgehead atoms. The van der Waals surface area contributed by atoms with Crippen molar-refractivity contribution in [1.29, 1.82) is 5.26 Å². The second-order valence-electron chi connectivity index (χ2n) is 5.66. The summed E-state index contributed by atoms with van der Waals surface area (Å²) < 4.78 is 14.3. The van der Waals surface area contributed by atoms with Gasteiger partial charge in [0.1, 0.15) is 16.4 Å². The standard InChI is InChI=1S/C17H12Cl2FN3O/c18-12-2-3-13(14(20)7-12)17(9-21)5-6-23(10-17)16(24)11-1-4-15(19)22-8-11/h1-4,7-8H,5-6,10H2. The Kier molecular flexibility index (Phi) is 4.44. The highest BCUT2D eigenvalue weighted by molar-refractivity contribution is 6.30. The lowest BCUT2D eigenvalue weighted by molar-refractivity contribution is 0.0786. The lowest BCUT2D eigenvalue weighted by Gasteiger charge is -2.23. The van der Waals surface area contributed by atoms with Gasteiger partial charge < -0.3 is 4.90 Å². The van der Waals surface area contributed by atoms with Gasteiger partial charge in [0, 0.05) is 29.9 Å². The summed E-state index contributed by atoms with van der Waals surface area (Å²) in [5.41, 5.74) is -0.437. The van der Waals surface area contributed by atoms with Crippen LogP contribution in [0.25, 0.3) is 0 Å². The number of likely N-dealkylation sites (tertiary alicyclic amines) is 1. The maximum atomic E-state index is 14.3. The molecule has 0 saturated carbocycles. The summed E-state index contributed by atoms with van der Waals surface area (Å²) in [6, 6.07) is 9.54. The molecular formula is C17H12Cl2FN3O. The normalized spacial score (nSPS) is 20.0. The average Bonchev–Trinajstić information content (AvgIpc) is 3.00. The smallest absolute Gasteiger partial charge is 0.255 e. The zero-order chi connectivity index (χ0) is 17.3. The number of hydrogen-bond acceptors (Lipinski definition) is 3. The summed E-state index contributed by atoms with van der Waals surface area (Å²) >= 11 is 11.5. The van der Waals surface area contributed by atoms with E-state index in [1.165, 1.54) is 29.3 Å². The Morgan fingerprint density at radius 3 is 2.75 bits per heavy atom. The monoisotopic (exact) mass is 363 g/mol. The molecule has 1 aliphatic rings. The minimum atomic E-state index is -1.08. The summed E-state index contributed by atoms with van der Waals surface area (Å²) in [5, 5.41) is 10.2. The molecular weight excluding hydrogens is 352 g/mol. The second kappa shape index (κ2) is 6.39. The number of carbonyl (C=O) groups is 1. The molecule has 1 aromatic heterocycles. The Morgan fingerprint density at radius 1 is 1.33 bits per heavy atom. The van der Waals surface area contributed by atoms with Gasteiger partial charge in [0.15, 0.2) is 0 Å². The van der Waals surface area contributed by atoms with Crippen LogP contribution in [0.5, 0.6) is 0 Å². The first kappa shape index (κ1) is 16.7. The van der Waals surface area contributed by atoms with Crippen molar-refractivity contribution in [2.45, 2.75) is 11.8 Å². The van der Waals surface area contributed by atoms with Gasteiger partial charge in [-0.05, 0) is 30.7 Å². The maximum absolute atomic E-state index is 14.3. The molecule has 3 rings (SSSR count). The molecule has 0 aliphatic carbocycles. The van der Waals surface area contributed by atoms with E-state index in [9.17, 15) is 14.4 Å². The van der Waals surface area contributed by atoms with E-state index >= 15 is 0 Å². The number of benzene rings is 1. The van der Waals surface area contributed by atoms with Gasteiger partial charge >= 0.3 is 0 Å². The summed E-state index contributed by atoms with van der Waals surface area (Å²) in [4.78, 5) is 18.0. The summed E-state index contributed by atoms with van der Waals surface area (Å²) in [7, 11) is 0. The van der Waals surface area contributed by atoms with Crippen molar-refractivity contribution in [3.8, 4) is 6.07 Å². The van der Waals surface area contributed by atoms with Crippen molar-refractivity contribution >= 4 is 29.1 Å². The number of pyridine rings is 1. The van der Waals surface area contributed by atoms with E-state index in [2.05, 4.69) is 11.1 Å². The molecule has 1 unspecified atom stereocenters. The third-order valence-electron chi connectivity index (χ3n) is 4.19. The zero-order valence-corrected chi connectivity index (χ0v) is 14.0. The van der Waals surface area contributed by atoms with Crippen molar-refractivity contribution in [2.24, 2.45) is 0 Å². The van der Waals surface area contributed by atoms with E-state index in [1.807, 2.05) is 0 Å². The third kappa shape index (κ3) is 2.95. The van der Waals surface area contributed by atoms with Gasteiger partial charge in [-0.2, -0.15) is 5.26 Å². The van der Waals surface area contributed by atoms with Crippen LogP contribution < -0.4 is 0 Å². The van der Waals surface area contributed by atoms with Crippen molar-refractivity contribution in [2.75, 3.05) is 13.1 Å². The van der Waals surface area contributed by atoms with Crippen LogP contribution in [0.4, 0.5) is 4.39 Å². The van der Waals surface area contributed by atoms with E-state index in [-0.39, 0.29) is 23.0 Å².